The Bertz CT molecular complexity index is 1100. The van der Waals surface area contributed by atoms with E-state index in [1.807, 2.05) is 23.6 Å². The van der Waals surface area contributed by atoms with Crippen molar-refractivity contribution >= 4 is 28.1 Å². The van der Waals surface area contributed by atoms with Gasteiger partial charge in [-0.3, -0.25) is 14.8 Å². The molecular formula is C20H15FN4OS. The Morgan fingerprint density at radius 2 is 1.96 bits per heavy atom. The highest BCUT2D eigenvalue weighted by Gasteiger charge is 2.11. The van der Waals surface area contributed by atoms with Gasteiger partial charge in [-0.1, -0.05) is 12.1 Å². The Balaban J connectivity index is 1.39. The van der Waals surface area contributed by atoms with Crippen molar-refractivity contribution in [2.24, 2.45) is 0 Å². The van der Waals surface area contributed by atoms with E-state index in [1.54, 1.807) is 24.4 Å². The van der Waals surface area contributed by atoms with Crippen LogP contribution in [0, 0.1) is 5.82 Å². The Labute approximate surface area is 158 Å². The molecule has 27 heavy (non-hydrogen) atoms. The van der Waals surface area contributed by atoms with E-state index in [1.165, 1.54) is 23.6 Å². The van der Waals surface area contributed by atoms with E-state index < -0.39 is 5.82 Å². The standard InChI is InChI=1S/C20H15FN4OS/c21-15-11-14(10-13-4-3-8-23-19(13)15)20(26)24-9-6-18-25-17(12-27-18)16-5-1-2-7-22-16/h1-5,7-8,10-12H,6,9H2,(H,24,26). The first-order valence-electron chi connectivity index (χ1n) is 8.39. The van der Waals surface area contributed by atoms with E-state index in [0.717, 1.165) is 16.4 Å². The lowest BCUT2D eigenvalue weighted by atomic mass is 10.1. The second-order valence-corrected chi connectivity index (χ2v) is 6.82. The van der Waals surface area contributed by atoms with E-state index in [2.05, 4.69) is 20.3 Å². The minimum Gasteiger partial charge on any atom is -0.352 e. The molecule has 4 rings (SSSR count). The van der Waals surface area contributed by atoms with Crippen LogP contribution in [-0.2, 0) is 6.42 Å². The fraction of sp³-hybridized carbons (Fsp3) is 0.100. The average Bonchev–Trinajstić information content (AvgIpc) is 3.17. The first kappa shape index (κ1) is 17.2. The number of carbonyl (C=O) groups excluding carboxylic acids is 1. The maximum atomic E-state index is 14.1. The lowest BCUT2D eigenvalue weighted by Gasteiger charge is -2.06. The summed E-state index contributed by atoms with van der Waals surface area (Å²) in [5, 5.41) is 6.27. The number of nitrogens with one attached hydrogen (secondary N) is 1. The Kier molecular flexibility index (Phi) is 4.84. The lowest BCUT2D eigenvalue weighted by Crippen LogP contribution is -2.25. The summed E-state index contributed by atoms with van der Waals surface area (Å²) in [6.45, 7) is 0.417. The molecule has 0 bridgehead atoms. The lowest BCUT2D eigenvalue weighted by molar-refractivity contribution is 0.0954. The molecule has 7 heteroatoms. The summed E-state index contributed by atoms with van der Waals surface area (Å²) in [5.41, 5.74) is 2.19. The molecule has 3 aromatic heterocycles. The number of hydrogen-bond acceptors (Lipinski definition) is 5. The number of hydrogen-bond donors (Lipinski definition) is 1. The summed E-state index contributed by atoms with van der Waals surface area (Å²) in [5.74, 6) is -0.820. The number of halogens is 1. The minimum absolute atomic E-state index is 0.263. The molecule has 0 saturated carbocycles. The van der Waals surface area contributed by atoms with E-state index in [9.17, 15) is 9.18 Å². The summed E-state index contributed by atoms with van der Waals surface area (Å²) in [7, 11) is 0. The zero-order chi connectivity index (χ0) is 18.6. The number of nitrogens with zero attached hydrogens (tertiary/aromatic N) is 3. The SMILES string of the molecule is O=C(NCCc1nc(-c2ccccn2)cs1)c1cc(F)c2ncccc2c1. The fourth-order valence-corrected chi connectivity index (χ4v) is 3.51. The summed E-state index contributed by atoms with van der Waals surface area (Å²) < 4.78 is 14.1. The summed E-state index contributed by atoms with van der Waals surface area (Å²) in [6, 6.07) is 12.0. The number of thiazole rings is 1. The third-order valence-corrected chi connectivity index (χ3v) is 4.93. The number of fused-ring (bicyclic) bond motifs is 1. The number of pyridine rings is 2. The fourth-order valence-electron chi connectivity index (χ4n) is 2.72. The quantitative estimate of drug-likeness (QED) is 0.573. The molecule has 0 aliphatic carbocycles. The monoisotopic (exact) mass is 378 g/mol. The van der Waals surface area contributed by atoms with Crippen molar-refractivity contribution in [1.82, 2.24) is 20.3 Å². The van der Waals surface area contributed by atoms with Crippen LogP contribution in [0.25, 0.3) is 22.3 Å². The molecule has 0 atom stereocenters. The van der Waals surface area contributed by atoms with Gasteiger partial charge in [-0.05, 0) is 30.3 Å². The third kappa shape index (κ3) is 3.83. The van der Waals surface area contributed by atoms with Crippen molar-refractivity contribution in [2.75, 3.05) is 6.54 Å². The molecule has 1 N–H and O–H groups in total. The molecule has 134 valence electrons. The molecule has 0 saturated heterocycles. The van der Waals surface area contributed by atoms with Gasteiger partial charge < -0.3 is 5.32 Å². The molecule has 3 heterocycles. The van der Waals surface area contributed by atoms with Gasteiger partial charge in [0.15, 0.2) is 0 Å². The second-order valence-electron chi connectivity index (χ2n) is 5.88. The van der Waals surface area contributed by atoms with E-state index in [4.69, 9.17) is 0 Å². The smallest absolute Gasteiger partial charge is 0.251 e. The number of aromatic nitrogens is 3. The number of rotatable bonds is 5. The number of carbonyl (C=O) groups is 1. The number of amides is 1. The van der Waals surface area contributed by atoms with Crippen LogP contribution in [0.4, 0.5) is 4.39 Å². The maximum Gasteiger partial charge on any atom is 0.251 e. The molecule has 0 aliphatic heterocycles. The second kappa shape index (κ2) is 7.59. The summed E-state index contributed by atoms with van der Waals surface area (Å²) in [4.78, 5) is 25.1. The average molecular weight is 378 g/mol. The van der Waals surface area contributed by atoms with Gasteiger partial charge in [0.25, 0.3) is 5.91 Å². The summed E-state index contributed by atoms with van der Waals surface area (Å²) >= 11 is 1.53. The van der Waals surface area contributed by atoms with Crippen LogP contribution >= 0.6 is 11.3 Å². The van der Waals surface area contributed by atoms with Gasteiger partial charge in [-0.2, -0.15) is 0 Å². The van der Waals surface area contributed by atoms with Crippen LogP contribution in [0.2, 0.25) is 0 Å². The minimum atomic E-state index is -0.502. The van der Waals surface area contributed by atoms with Crippen molar-refractivity contribution in [3.8, 4) is 11.4 Å². The molecule has 0 aliphatic rings. The number of benzene rings is 1. The Morgan fingerprint density at radius 3 is 2.81 bits per heavy atom. The van der Waals surface area contributed by atoms with Gasteiger partial charge in [0.05, 0.1) is 16.4 Å². The topological polar surface area (TPSA) is 67.8 Å². The molecular weight excluding hydrogens is 363 g/mol. The predicted octanol–water partition coefficient (Wildman–Crippen LogP) is 3.86. The first-order valence-corrected chi connectivity index (χ1v) is 9.27. The maximum absolute atomic E-state index is 14.1. The van der Waals surface area contributed by atoms with Crippen LogP contribution in [-0.4, -0.2) is 27.4 Å². The summed E-state index contributed by atoms with van der Waals surface area (Å²) in [6.07, 6.45) is 3.85. The van der Waals surface area contributed by atoms with Crippen LogP contribution in [0.5, 0.6) is 0 Å². The van der Waals surface area contributed by atoms with E-state index in [0.29, 0.717) is 18.4 Å². The molecule has 5 nitrogen and oxygen atoms in total. The van der Waals surface area contributed by atoms with Crippen molar-refractivity contribution in [2.45, 2.75) is 6.42 Å². The molecule has 0 radical (unpaired) electrons. The van der Waals surface area contributed by atoms with Crippen molar-refractivity contribution in [3.05, 3.63) is 76.6 Å². The van der Waals surface area contributed by atoms with Gasteiger partial charge in [-0.15, -0.1) is 11.3 Å². The molecule has 1 aromatic carbocycles. The third-order valence-electron chi connectivity index (χ3n) is 4.02. The normalized spacial score (nSPS) is 10.9. The molecule has 0 spiro atoms. The molecule has 1 amide bonds. The van der Waals surface area contributed by atoms with Crippen LogP contribution in [0.15, 0.2) is 60.2 Å². The highest BCUT2D eigenvalue weighted by atomic mass is 32.1. The van der Waals surface area contributed by atoms with Gasteiger partial charge >= 0.3 is 0 Å². The highest BCUT2D eigenvalue weighted by Crippen LogP contribution is 2.20. The van der Waals surface area contributed by atoms with Crippen molar-refractivity contribution in [3.63, 3.8) is 0 Å². The Hall–Kier alpha value is -3.19. The van der Waals surface area contributed by atoms with Gasteiger partial charge in [0, 0.05) is 41.7 Å². The molecule has 0 unspecified atom stereocenters. The van der Waals surface area contributed by atoms with Crippen LogP contribution in [0.1, 0.15) is 15.4 Å². The zero-order valence-electron chi connectivity index (χ0n) is 14.2. The van der Waals surface area contributed by atoms with E-state index >= 15 is 0 Å². The van der Waals surface area contributed by atoms with Gasteiger partial charge in [-0.25, -0.2) is 9.37 Å². The van der Waals surface area contributed by atoms with Crippen LogP contribution < -0.4 is 5.32 Å². The van der Waals surface area contributed by atoms with Crippen molar-refractivity contribution in [1.29, 1.82) is 0 Å². The molecule has 4 aromatic rings. The van der Waals surface area contributed by atoms with Gasteiger partial charge in [0.1, 0.15) is 11.3 Å². The van der Waals surface area contributed by atoms with Crippen LogP contribution in [0.3, 0.4) is 0 Å². The van der Waals surface area contributed by atoms with E-state index in [-0.39, 0.29) is 17.0 Å². The van der Waals surface area contributed by atoms with Gasteiger partial charge in [0.2, 0.25) is 0 Å². The predicted molar refractivity (Wildman–Crippen MR) is 103 cm³/mol. The zero-order valence-corrected chi connectivity index (χ0v) is 15.0. The molecule has 0 fully saturated rings. The Morgan fingerprint density at radius 1 is 1.07 bits per heavy atom. The largest absolute Gasteiger partial charge is 0.352 e. The highest BCUT2D eigenvalue weighted by molar-refractivity contribution is 7.09. The first-order chi connectivity index (χ1) is 13.2. The van der Waals surface area contributed by atoms with Crippen molar-refractivity contribution < 1.29 is 9.18 Å².